The van der Waals surface area contributed by atoms with Crippen LogP contribution in [0, 0.1) is 0 Å². The van der Waals surface area contributed by atoms with Crippen LogP contribution in [0.4, 0.5) is 0 Å². The first-order valence-corrected chi connectivity index (χ1v) is 12.5. The molecule has 2 aromatic carbocycles. The standard InChI is InChI=1S/C25H27N5O.C4H8O2/c1-25(2,24-27-29-30-28-24)15-9-10-16-31-23-18-21(19-11-5-3-6-12-19)17-22(26-23)20-13-7-4-8-14-20;1-3-4(5)6-2/h3-8,11-14,17-18H,9-10,15-16H2,1-2H3,(H,27,28,29,30);3H2,1-2H3. The van der Waals surface area contributed by atoms with Crippen molar-refractivity contribution in [1.82, 2.24) is 25.6 Å². The molecule has 0 bridgehead atoms. The summed E-state index contributed by atoms with van der Waals surface area (Å²) < 4.78 is 10.3. The van der Waals surface area contributed by atoms with Gasteiger partial charge in [0.15, 0.2) is 5.82 Å². The van der Waals surface area contributed by atoms with Crippen LogP contribution >= 0.6 is 0 Å². The zero-order valence-electron chi connectivity index (χ0n) is 22.0. The van der Waals surface area contributed by atoms with E-state index in [-0.39, 0.29) is 11.4 Å². The quantitative estimate of drug-likeness (QED) is 0.209. The highest BCUT2D eigenvalue weighted by Crippen LogP contribution is 2.29. The predicted octanol–water partition coefficient (Wildman–Crippen LogP) is 6.03. The molecule has 0 atom stereocenters. The molecule has 1 N–H and O–H groups in total. The zero-order valence-corrected chi connectivity index (χ0v) is 22.0. The number of nitrogens with one attached hydrogen (secondary N) is 1. The van der Waals surface area contributed by atoms with Gasteiger partial charge in [-0.15, -0.1) is 10.2 Å². The molecule has 0 unspecified atom stereocenters. The van der Waals surface area contributed by atoms with Crippen molar-refractivity contribution in [2.75, 3.05) is 13.7 Å². The van der Waals surface area contributed by atoms with Crippen LogP contribution in [0.25, 0.3) is 22.4 Å². The molecule has 0 aliphatic carbocycles. The predicted molar refractivity (Wildman–Crippen MR) is 144 cm³/mol. The van der Waals surface area contributed by atoms with Crippen LogP contribution in [-0.4, -0.2) is 45.3 Å². The van der Waals surface area contributed by atoms with Gasteiger partial charge in [-0.3, -0.25) is 4.79 Å². The van der Waals surface area contributed by atoms with Gasteiger partial charge in [0.1, 0.15) is 0 Å². The molecule has 0 aliphatic rings. The van der Waals surface area contributed by atoms with Gasteiger partial charge in [-0.1, -0.05) is 86.6 Å². The van der Waals surface area contributed by atoms with E-state index in [9.17, 15) is 4.79 Å². The normalized spacial score (nSPS) is 10.8. The highest BCUT2D eigenvalue weighted by Gasteiger charge is 2.24. The Balaban J connectivity index is 0.000000568. The molecular weight excluding hydrogens is 466 g/mol. The van der Waals surface area contributed by atoms with E-state index < -0.39 is 0 Å². The summed E-state index contributed by atoms with van der Waals surface area (Å²) >= 11 is 0. The first kappa shape index (κ1) is 27.5. The first-order chi connectivity index (χ1) is 17.9. The molecule has 2 aromatic heterocycles. The third-order valence-electron chi connectivity index (χ3n) is 5.89. The molecule has 0 radical (unpaired) electrons. The highest BCUT2D eigenvalue weighted by atomic mass is 16.5. The number of hydrogen-bond donors (Lipinski definition) is 1. The fourth-order valence-electron chi connectivity index (χ4n) is 3.68. The Hall–Kier alpha value is -4.07. The zero-order chi connectivity index (χ0) is 26.5. The molecule has 0 spiro atoms. The minimum Gasteiger partial charge on any atom is -0.478 e. The fourth-order valence-corrected chi connectivity index (χ4v) is 3.68. The van der Waals surface area contributed by atoms with Gasteiger partial charge in [-0.2, -0.15) is 5.21 Å². The Morgan fingerprint density at radius 3 is 2.16 bits per heavy atom. The highest BCUT2D eigenvalue weighted by molar-refractivity contribution is 5.71. The van der Waals surface area contributed by atoms with Crippen LogP contribution in [0.15, 0.2) is 72.8 Å². The summed E-state index contributed by atoms with van der Waals surface area (Å²) in [6.45, 7) is 6.64. The van der Waals surface area contributed by atoms with Gasteiger partial charge in [0, 0.05) is 23.5 Å². The van der Waals surface area contributed by atoms with Gasteiger partial charge >= 0.3 is 5.97 Å². The van der Waals surface area contributed by atoms with E-state index >= 15 is 0 Å². The summed E-state index contributed by atoms with van der Waals surface area (Å²) in [6, 6.07) is 24.7. The third kappa shape index (κ3) is 8.52. The van der Waals surface area contributed by atoms with Gasteiger partial charge in [0.2, 0.25) is 5.88 Å². The Kier molecular flexibility index (Phi) is 10.3. The molecule has 4 rings (SSSR count). The monoisotopic (exact) mass is 501 g/mol. The summed E-state index contributed by atoms with van der Waals surface area (Å²) in [6.07, 6.45) is 3.36. The summed E-state index contributed by atoms with van der Waals surface area (Å²) in [7, 11) is 1.38. The number of pyridine rings is 1. The number of nitrogens with zero attached hydrogens (tertiary/aromatic N) is 4. The number of unbranched alkanes of at least 4 members (excludes halogenated alkanes) is 1. The lowest BCUT2D eigenvalue weighted by molar-refractivity contribution is -0.140. The number of rotatable bonds is 10. The molecular formula is C29H35N5O3. The fraction of sp³-hybridized carbons (Fsp3) is 0.345. The molecule has 0 amide bonds. The molecule has 8 heteroatoms. The summed E-state index contributed by atoms with van der Waals surface area (Å²) in [5, 5.41) is 14.4. The van der Waals surface area contributed by atoms with E-state index in [2.05, 4.69) is 69.5 Å². The van der Waals surface area contributed by atoms with Crippen molar-refractivity contribution in [2.24, 2.45) is 0 Å². The smallest absolute Gasteiger partial charge is 0.305 e. The summed E-state index contributed by atoms with van der Waals surface area (Å²) in [4.78, 5) is 14.7. The van der Waals surface area contributed by atoms with Crippen LogP contribution in [0.2, 0.25) is 0 Å². The van der Waals surface area contributed by atoms with Gasteiger partial charge in [-0.25, -0.2) is 4.98 Å². The lowest BCUT2D eigenvalue weighted by Gasteiger charge is -2.19. The van der Waals surface area contributed by atoms with Crippen molar-refractivity contribution in [3.63, 3.8) is 0 Å². The minimum atomic E-state index is -0.157. The van der Waals surface area contributed by atoms with Crippen LogP contribution in [0.3, 0.4) is 0 Å². The van der Waals surface area contributed by atoms with E-state index in [1.807, 2.05) is 42.5 Å². The molecule has 0 aliphatic heterocycles. The second kappa shape index (κ2) is 13.9. The molecule has 194 valence electrons. The van der Waals surface area contributed by atoms with Crippen LogP contribution in [0.5, 0.6) is 5.88 Å². The SMILES string of the molecule is CC(C)(CCCCOc1cc(-c2ccccc2)cc(-c2ccccc2)n1)c1nn[nH]n1.CCC(=O)OC. The molecule has 2 heterocycles. The Bertz CT molecular complexity index is 1150. The Labute approximate surface area is 218 Å². The summed E-state index contributed by atoms with van der Waals surface area (Å²) in [5.41, 5.74) is 4.12. The number of carbonyl (C=O) groups excluding carboxylic acids is 1. The minimum absolute atomic E-state index is 0.112. The number of H-pyrrole nitrogens is 1. The van der Waals surface area contributed by atoms with Gasteiger partial charge < -0.3 is 9.47 Å². The van der Waals surface area contributed by atoms with Crippen molar-refractivity contribution in [3.8, 4) is 28.3 Å². The number of aromatic amines is 1. The Morgan fingerprint density at radius 1 is 0.919 bits per heavy atom. The number of aromatic nitrogens is 5. The average Bonchev–Trinajstić information content (AvgIpc) is 3.50. The van der Waals surface area contributed by atoms with E-state index in [0.29, 0.717) is 18.9 Å². The van der Waals surface area contributed by atoms with Crippen molar-refractivity contribution in [1.29, 1.82) is 0 Å². The second-order valence-corrected chi connectivity index (χ2v) is 9.17. The van der Waals surface area contributed by atoms with E-state index in [1.54, 1.807) is 6.92 Å². The number of ether oxygens (including phenoxy) is 2. The number of benzene rings is 2. The molecule has 4 aromatic rings. The average molecular weight is 502 g/mol. The first-order valence-electron chi connectivity index (χ1n) is 12.5. The van der Waals surface area contributed by atoms with Gasteiger partial charge in [0.05, 0.1) is 19.4 Å². The maximum atomic E-state index is 9.96. The van der Waals surface area contributed by atoms with Crippen molar-refractivity contribution < 1.29 is 14.3 Å². The molecule has 0 saturated heterocycles. The largest absolute Gasteiger partial charge is 0.478 e. The van der Waals surface area contributed by atoms with Gasteiger partial charge in [0.25, 0.3) is 0 Å². The van der Waals surface area contributed by atoms with Crippen LogP contribution < -0.4 is 4.74 Å². The number of esters is 1. The number of tetrazole rings is 1. The molecule has 0 fully saturated rings. The van der Waals surface area contributed by atoms with E-state index in [0.717, 1.165) is 47.5 Å². The van der Waals surface area contributed by atoms with E-state index in [4.69, 9.17) is 9.72 Å². The van der Waals surface area contributed by atoms with Gasteiger partial charge in [-0.05, 0) is 36.5 Å². The van der Waals surface area contributed by atoms with Crippen LogP contribution in [-0.2, 0) is 14.9 Å². The molecule has 8 nitrogen and oxygen atoms in total. The molecule has 37 heavy (non-hydrogen) atoms. The number of methoxy groups -OCH3 is 1. The van der Waals surface area contributed by atoms with Crippen LogP contribution in [0.1, 0.15) is 52.3 Å². The number of hydrogen-bond acceptors (Lipinski definition) is 7. The maximum Gasteiger partial charge on any atom is 0.305 e. The summed E-state index contributed by atoms with van der Waals surface area (Å²) in [5.74, 6) is 1.24. The lowest BCUT2D eigenvalue weighted by Crippen LogP contribution is -2.19. The second-order valence-electron chi connectivity index (χ2n) is 9.17. The van der Waals surface area contributed by atoms with Crippen molar-refractivity contribution in [2.45, 2.75) is 51.9 Å². The van der Waals surface area contributed by atoms with Crippen molar-refractivity contribution >= 4 is 5.97 Å². The maximum absolute atomic E-state index is 9.96. The third-order valence-corrected chi connectivity index (χ3v) is 5.89. The lowest BCUT2D eigenvalue weighted by atomic mass is 9.86. The molecule has 0 saturated carbocycles. The van der Waals surface area contributed by atoms with Crippen molar-refractivity contribution in [3.05, 3.63) is 78.6 Å². The van der Waals surface area contributed by atoms with E-state index in [1.165, 1.54) is 7.11 Å². The number of carbonyl (C=O) groups is 1. The Morgan fingerprint density at radius 2 is 1.59 bits per heavy atom. The topological polar surface area (TPSA) is 103 Å².